The van der Waals surface area contributed by atoms with Crippen LogP contribution in [0.2, 0.25) is 0 Å². The van der Waals surface area contributed by atoms with E-state index in [0.29, 0.717) is 5.92 Å². The van der Waals surface area contributed by atoms with Gasteiger partial charge < -0.3 is 0 Å². The monoisotopic (exact) mass is 456 g/mol. The molecule has 0 aromatic rings. The first-order chi connectivity index (χ1) is 13.1. The second-order valence-electron chi connectivity index (χ2n) is 12.7. The summed E-state index contributed by atoms with van der Waals surface area (Å²) >= 11 is 3.98. The number of nitrogens with zero attached hydrogens (tertiary/aromatic N) is 4. The molecule has 1 saturated carbocycles. The van der Waals surface area contributed by atoms with Gasteiger partial charge in [-0.3, -0.25) is 0 Å². The van der Waals surface area contributed by atoms with Gasteiger partial charge in [0.15, 0.2) is 0 Å². The molecule has 0 amide bonds. The van der Waals surface area contributed by atoms with Crippen molar-refractivity contribution in [3.8, 4) is 0 Å². The van der Waals surface area contributed by atoms with Crippen molar-refractivity contribution in [2.45, 2.75) is 146 Å². The lowest BCUT2D eigenvalue weighted by Gasteiger charge is -2.46. The van der Waals surface area contributed by atoms with Crippen LogP contribution in [0.15, 0.2) is 20.5 Å². The standard InChI is InChI=1S/C24H48N4S2/c1-19(2,3)25-27-22(9,10)29-21(7,8)18-14-16-24(13,17-15-18)30-23(11,12)28-26-20(4,5)6/h18H,14-17H2,1-13H3. The van der Waals surface area contributed by atoms with Crippen molar-refractivity contribution >= 4 is 23.5 Å². The molecule has 0 spiro atoms. The third-order valence-corrected chi connectivity index (χ3v) is 8.14. The maximum atomic E-state index is 4.69. The topological polar surface area (TPSA) is 49.4 Å². The first kappa shape index (κ1) is 27.9. The molecule has 176 valence electrons. The van der Waals surface area contributed by atoms with Crippen molar-refractivity contribution < 1.29 is 0 Å². The van der Waals surface area contributed by atoms with Gasteiger partial charge in [-0.05, 0) is 101 Å². The van der Waals surface area contributed by atoms with Gasteiger partial charge in [-0.2, -0.15) is 20.5 Å². The molecule has 0 heterocycles. The van der Waals surface area contributed by atoms with E-state index in [4.69, 9.17) is 0 Å². The van der Waals surface area contributed by atoms with Gasteiger partial charge in [0, 0.05) is 9.49 Å². The molecular weight excluding hydrogens is 408 g/mol. The highest BCUT2D eigenvalue weighted by Crippen LogP contribution is 2.53. The van der Waals surface area contributed by atoms with E-state index in [-0.39, 0.29) is 30.3 Å². The summed E-state index contributed by atoms with van der Waals surface area (Å²) in [4.78, 5) is -0.393. The van der Waals surface area contributed by atoms with E-state index in [2.05, 4.69) is 110 Å². The van der Waals surface area contributed by atoms with Crippen LogP contribution < -0.4 is 0 Å². The maximum absolute atomic E-state index is 4.69. The summed E-state index contributed by atoms with van der Waals surface area (Å²) in [5.74, 6) is 0.694. The Labute approximate surface area is 195 Å². The molecule has 0 atom stereocenters. The molecule has 0 N–H and O–H groups in total. The minimum atomic E-state index is -0.207. The lowest BCUT2D eigenvalue weighted by Crippen LogP contribution is -2.40. The van der Waals surface area contributed by atoms with E-state index < -0.39 is 0 Å². The van der Waals surface area contributed by atoms with Crippen LogP contribution in [0.4, 0.5) is 0 Å². The van der Waals surface area contributed by atoms with Crippen molar-refractivity contribution in [3.05, 3.63) is 0 Å². The largest absolute Gasteiger partial charge is 0.187 e. The van der Waals surface area contributed by atoms with Crippen molar-refractivity contribution in [2.24, 2.45) is 26.4 Å². The first-order valence-electron chi connectivity index (χ1n) is 11.4. The Morgan fingerprint density at radius 1 is 0.633 bits per heavy atom. The number of rotatable bonds is 7. The van der Waals surface area contributed by atoms with Crippen LogP contribution in [0, 0.1) is 5.92 Å². The van der Waals surface area contributed by atoms with Gasteiger partial charge in [0.2, 0.25) is 0 Å². The molecule has 1 fully saturated rings. The number of hydrogen-bond acceptors (Lipinski definition) is 6. The predicted molar refractivity (Wildman–Crippen MR) is 137 cm³/mol. The van der Waals surface area contributed by atoms with Crippen molar-refractivity contribution in [2.75, 3.05) is 0 Å². The second kappa shape index (κ2) is 9.41. The third kappa shape index (κ3) is 10.5. The third-order valence-electron chi connectivity index (χ3n) is 5.22. The van der Waals surface area contributed by atoms with Crippen molar-refractivity contribution in [1.29, 1.82) is 0 Å². The summed E-state index contributed by atoms with van der Waals surface area (Å²) in [5.41, 5.74) is -0.238. The van der Waals surface area contributed by atoms with E-state index in [9.17, 15) is 0 Å². The Kier molecular flexibility index (Phi) is 8.76. The van der Waals surface area contributed by atoms with Crippen LogP contribution >= 0.6 is 23.5 Å². The molecule has 1 aliphatic rings. The molecule has 0 bridgehead atoms. The van der Waals surface area contributed by atoms with Gasteiger partial charge >= 0.3 is 0 Å². The predicted octanol–water partition coefficient (Wildman–Crippen LogP) is 9.15. The molecule has 0 unspecified atom stereocenters. The van der Waals surface area contributed by atoms with Crippen molar-refractivity contribution in [1.82, 2.24) is 0 Å². The first-order valence-corrected chi connectivity index (χ1v) is 13.1. The Balaban J connectivity index is 2.75. The average molecular weight is 457 g/mol. The molecule has 0 aliphatic heterocycles. The van der Waals surface area contributed by atoms with Crippen LogP contribution in [0.1, 0.15) is 116 Å². The highest BCUT2D eigenvalue weighted by atomic mass is 32.2. The fraction of sp³-hybridized carbons (Fsp3) is 1.00. The minimum absolute atomic E-state index is 0.116. The van der Waals surface area contributed by atoms with Crippen LogP contribution in [0.3, 0.4) is 0 Å². The SMILES string of the molecule is CC(C)(C)N=NC(C)(C)SC1(C)CCC(C(C)(C)SC(C)(C)N=NC(C)(C)C)CC1. The quantitative estimate of drug-likeness (QED) is 0.358. The zero-order valence-electron chi connectivity index (χ0n) is 22.0. The molecule has 1 rings (SSSR count). The maximum Gasteiger partial charge on any atom is 0.121 e. The fourth-order valence-corrected chi connectivity index (χ4v) is 7.44. The van der Waals surface area contributed by atoms with Crippen LogP contribution in [0.25, 0.3) is 0 Å². The molecule has 0 aromatic carbocycles. The summed E-state index contributed by atoms with van der Waals surface area (Å²) in [6.07, 6.45) is 4.96. The van der Waals surface area contributed by atoms with E-state index >= 15 is 0 Å². The minimum Gasteiger partial charge on any atom is -0.187 e. The smallest absolute Gasteiger partial charge is 0.121 e. The van der Waals surface area contributed by atoms with Crippen LogP contribution in [-0.4, -0.2) is 30.3 Å². The lowest BCUT2D eigenvalue weighted by molar-refractivity contribution is 0.269. The Morgan fingerprint density at radius 2 is 1.03 bits per heavy atom. The van der Waals surface area contributed by atoms with Gasteiger partial charge in [-0.25, -0.2) is 0 Å². The molecule has 4 nitrogen and oxygen atoms in total. The Hall–Kier alpha value is -0.100. The summed E-state index contributed by atoms with van der Waals surface area (Å²) in [5, 5.41) is 18.4. The lowest BCUT2D eigenvalue weighted by atomic mass is 9.76. The van der Waals surface area contributed by atoms with Gasteiger partial charge in [0.25, 0.3) is 0 Å². The number of azo groups is 2. The molecule has 0 aromatic heterocycles. The van der Waals surface area contributed by atoms with Crippen LogP contribution in [0.5, 0.6) is 0 Å². The summed E-state index contributed by atoms with van der Waals surface area (Å²) in [6.45, 7) is 28.6. The summed E-state index contributed by atoms with van der Waals surface area (Å²) < 4.78 is 0.437. The average Bonchev–Trinajstić information content (AvgIpc) is 2.49. The Bertz CT molecular complexity index is 614. The zero-order chi connectivity index (χ0) is 23.6. The zero-order valence-corrected chi connectivity index (χ0v) is 23.6. The molecule has 0 radical (unpaired) electrons. The molecule has 6 heteroatoms. The molecule has 30 heavy (non-hydrogen) atoms. The highest BCUT2D eigenvalue weighted by molar-refractivity contribution is 8.02. The molecule has 1 aliphatic carbocycles. The normalized spacial score (nSPS) is 25.4. The van der Waals surface area contributed by atoms with Crippen molar-refractivity contribution in [3.63, 3.8) is 0 Å². The number of hydrogen-bond donors (Lipinski definition) is 0. The summed E-state index contributed by atoms with van der Waals surface area (Å²) in [7, 11) is 0. The molecular formula is C24H48N4S2. The highest BCUT2D eigenvalue weighted by Gasteiger charge is 2.43. The molecule has 0 saturated heterocycles. The fourth-order valence-electron chi connectivity index (χ4n) is 3.94. The van der Waals surface area contributed by atoms with Gasteiger partial charge in [-0.15, -0.1) is 23.5 Å². The van der Waals surface area contributed by atoms with Gasteiger partial charge in [-0.1, -0.05) is 20.8 Å². The van der Waals surface area contributed by atoms with E-state index in [1.165, 1.54) is 25.7 Å². The van der Waals surface area contributed by atoms with E-state index in [0.717, 1.165) is 0 Å². The van der Waals surface area contributed by atoms with Crippen LogP contribution in [-0.2, 0) is 0 Å². The summed E-state index contributed by atoms with van der Waals surface area (Å²) in [6, 6.07) is 0. The van der Waals surface area contributed by atoms with Gasteiger partial charge in [0.05, 0.1) is 11.1 Å². The van der Waals surface area contributed by atoms with E-state index in [1.54, 1.807) is 0 Å². The second-order valence-corrected chi connectivity index (χ2v) is 17.1. The Morgan fingerprint density at radius 3 is 1.43 bits per heavy atom. The van der Waals surface area contributed by atoms with E-state index in [1.807, 2.05) is 23.5 Å². The van der Waals surface area contributed by atoms with Gasteiger partial charge in [0.1, 0.15) is 9.74 Å². The number of thioether (sulfide) groups is 2.